The number of benzene rings is 2. The van der Waals surface area contributed by atoms with Crippen molar-refractivity contribution < 1.29 is 0 Å². The number of para-hydroxylation sites is 1. The molecule has 0 atom stereocenters. The van der Waals surface area contributed by atoms with Crippen LogP contribution in [0.2, 0.25) is 0 Å². The van der Waals surface area contributed by atoms with Gasteiger partial charge in [-0.1, -0.05) is 48.5 Å². The van der Waals surface area contributed by atoms with Gasteiger partial charge >= 0.3 is 0 Å². The van der Waals surface area contributed by atoms with Crippen LogP contribution in [0, 0.1) is 6.92 Å². The Morgan fingerprint density at radius 2 is 1.44 bits per heavy atom. The van der Waals surface area contributed by atoms with Crippen LogP contribution in [-0.2, 0) is 0 Å². The maximum atomic E-state index is 4.62. The normalized spacial score (nSPS) is 10.5. The highest BCUT2D eigenvalue weighted by atomic mass is 15.1. The van der Waals surface area contributed by atoms with Crippen LogP contribution in [0.5, 0.6) is 0 Å². The first kappa shape index (κ1) is 10.8. The second kappa shape index (κ2) is 4.49. The van der Waals surface area contributed by atoms with Crippen molar-refractivity contribution in [2.45, 2.75) is 6.92 Å². The van der Waals surface area contributed by atoms with Crippen LogP contribution < -0.4 is 0 Å². The minimum Gasteiger partial charge on any atom is -0.303 e. The van der Waals surface area contributed by atoms with Gasteiger partial charge in [-0.25, -0.2) is 4.98 Å². The van der Waals surface area contributed by atoms with Gasteiger partial charge < -0.3 is 4.57 Å². The summed E-state index contributed by atoms with van der Waals surface area (Å²) in [4.78, 5) is 4.62. The van der Waals surface area contributed by atoms with Crippen molar-refractivity contribution in [3.05, 3.63) is 72.7 Å². The zero-order chi connectivity index (χ0) is 12.4. The molecule has 0 saturated heterocycles. The van der Waals surface area contributed by atoms with Crippen LogP contribution in [0.4, 0.5) is 0 Å². The third-order valence-electron chi connectivity index (χ3n) is 2.99. The fourth-order valence-electron chi connectivity index (χ4n) is 2.07. The number of hydrogen-bond donors (Lipinski definition) is 0. The molecule has 1 aromatic heterocycles. The minimum atomic E-state index is 1.00. The Kier molecular flexibility index (Phi) is 2.69. The maximum Gasteiger partial charge on any atom is 0.110 e. The molecule has 0 amide bonds. The minimum absolute atomic E-state index is 1.00. The average molecular weight is 234 g/mol. The van der Waals surface area contributed by atoms with E-state index in [-0.39, 0.29) is 0 Å². The highest BCUT2D eigenvalue weighted by Gasteiger charge is 2.06. The SMILES string of the molecule is Cc1nc(-c2ccccc2)cn1-c1ccccc1. The third kappa shape index (κ3) is 1.93. The van der Waals surface area contributed by atoms with Crippen molar-refractivity contribution in [1.29, 1.82) is 0 Å². The molecule has 0 aliphatic rings. The maximum absolute atomic E-state index is 4.62. The quantitative estimate of drug-likeness (QED) is 0.658. The molecule has 88 valence electrons. The first-order valence-electron chi connectivity index (χ1n) is 6.01. The van der Waals surface area contributed by atoms with Gasteiger partial charge in [0.1, 0.15) is 5.82 Å². The Bertz CT molecular complexity index is 639. The van der Waals surface area contributed by atoms with E-state index in [0.29, 0.717) is 0 Å². The van der Waals surface area contributed by atoms with Crippen LogP contribution in [0.3, 0.4) is 0 Å². The van der Waals surface area contributed by atoms with Crippen LogP contribution in [0.1, 0.15) is 5.82 Å². The lowest BCUT2D eigenvalue weighted by molar-refractivity contribution is 0.975. The van der Waals surface area contributed by atoms with E-state index in [1.165, 1.54) is 0 Å². The Morgan fingerprint density at radius 3 is 2.11 bits per heavy atom. The molecule has 0 aliphatic carbocycles. The summed E-state index contributed by atoms with van der Waals surface area (Å²) in [7, 11) is 0. The summed E-state index contributed by atoms with van der Waals surface area (Å²) in [6.45, 7) is 2.03. The first-order valence-corrected chi connectivity index (χ1v) is 6.01. The second-order valence-corrected chi connectivity index (χ2v) is 4.24. The van der Waals surface area contributed by atoms with Gasteiger partial charge in [0.15, 0.2) is 0 Å². The summed E-state index contributed by atoms with van der Waals surface area (Å²) in [5.41, 5.74) is 3.30. The van der Waals surface area contributed by atoms with Gasteiger partial charge in [0.2, 0.25) is 0 Å². The molecular formula is C16H14N2. The predicted molar refractivity (Wildman–Crippen MR) is 73.7 cm³/mol. The number of aromatic nitrogens is 2. The molecule has 0 fully saturated rings. The lowest BCUT2D eigenvalue weighted by atomic mass is 10.2. The van der Waals surface area contributed by atoms with Crippen LogP contribution in [0.15, 0.2) is 66.9 Å². The van der Waals surface area contributed by atoms with Gasteiger partial charge in [-0.15, -0.1) is 0 Å². The summed E-state index contributed by atoms with van der Waals surface area (Å²) >= 11 is 0. The van der Waals surface area contributed by atoms with E-state index in [1.807, 2.05) is 43.3 Å². The molecule has 0 N–H and O–H groups in total. The molecule has 1 heterocycles. The zero-order valence-electron chi connectivity index (χ0n) is 10.2. The van der Waals surface area contributed by atoms with Crippen molar-refractivity contribution in [2.75, 3.05) is 0 Å². The summed E-state index contributed by atoms with van der Waals surface area (Å²) < 4.78 is 2.11. The molecule has 3 rings (SSSR count). The summed E-state index contributed by atoms with van der Waals surface area (Å²) in [6, 6.07) is 20.5. The van der Waals surface area contributed by atoms with Crippen molar-refractivity contribution in [3.8, 4) is 16.9 Å². The molecule has 0 spiro atoms. The number of rotatable bonds is 2. The van der Waals surface area contributed by atoms with E-state index >= 15 is 0 Å². The smallest absolute Gasteiger partial charge is 0.110 e. The number of nitrogens with zero attached hydrogens (tertiary/aromatic N) is 2. The average Bonchev–Trinajstić information content (AvgIpc) is 2.83. The monoisotopic (exact) mass is 234 g/mol. The van der Waals surface area contributed by atoms with Gasteiger partial charge in [0.05, 0.1) is 5.69 Å². The van der Waals surface area contributed by atoms with E-state index < -0.39 is 0 Å². The molecule has 2 nitrogen and oxygen atoms in total. The molecule has 0 unspecified atom stereocenters. The number of imidazole rings is 1. The molecule has 0 saturated carbocycles. The highest BCUT2D eigenvalue weighted by molar-refractivity contribution is 5.59. The first-order chi connectivity index (χ1) is 8.84. The van der Waals surface area contributed by atoms with Gasteiger partial charge in [-0.3, -0.25) is 0 Å². The van der Waals surface area contributed by atoms with E-state index in [9.17, 15) is 0 Å². The Labute approximate surface area is 107 Å². The van der Waals surface area contributed by atoms with Gasteiger partial charge in [0, 0.05) is 17.4 Å². The molecule has 0 bridgehead atoms. The molecule has 0 radical (unpaired) electrons. The van der Waals surface area contributed by atoms with Crippen molar-refractivity contribution in [1.82, 2.24) is 9.55 Å². The van der Waals surface area contributed by atoms with E-state index in [0.717, 1.165) is 22.8 Å². The van der Waals surface area contributed by atoms with Gasteiger partial charge in [-0.05, 0) is 19.1 Å². The summed E-state index contributed by atoms with van der Waals surface area (Å²) in [6.07, 6.45) is 2.08. The largest absolute Gasteiger partial charge is 0.303 e. The molecule has 0 aliphatic heterocycles. The van der Waals surface area contributed by atoms with Gasteiger partial charge in [0.25, 0.3) is 0 Å². The lowest BCUT2D eigenvalue weighted by Crippen LogP contribution is -1.93. The van der Waals surface area contributed by atoms with E-state index in [1.54, 1.807) is 0 Å². The predicted octanol–water partition coefficient (Wildman–Crippen LogP) is 3.85. The third-order valence-corrected chi connectivity index (χ3v) is 2.99. The van der Waals surface area contributed by atoms with Crippen LogP contribution >= 0.6 is 0 Å². The fourth-order valence-corrected chi connectivity index (χ4v) is 2.07. The Hall–Kier alpha value is -2.35. The second-order valence-electron chi connectivity index (χ2n) is 4.24. The topological polar surface area (TPSA) is 17.8 Å². The van der Waals surface area contributed by atoms with Crippen LogP contribution in [0.25, 0.3) is 16.9 Å². The lowest BCUT2D eigenvalue weighted by Gasteiger charge is -2.02. The van der Waals surface area contributed by atoms with Gasteiger partial charge in [-0.2, -0.15) is 0 Å². The number of aryl methyl sites for hydroxylation is 1. The molecule has 2 aromatic carbocycles. The standard InChI is InChI=1S/C16H14N2/c1-13-17-16(14-8-4-2-5-9-14)12-18(13)15-10-6-3-7-11-15/h2-12H,1H3. The van der Waals surface area contributed by atoms with Crippen molar-refractivity contribution in [2.24, 2.45) is 0 Å². The summed E-state index contributed by atoms with van der Waals surface area (Å²) in [5.74, 6) is 1.00. The zero-order valence-corrected chi connectivity index (χ0v) is 10.2. The van der Waals surface area contributed by atoms with E-state index in [2.05, 4.69) is 40.0 Å². The summed E-state index contributed by atoms with van der Waals surface area (Å²) in [5, 5.41) is 0. The molecule has 2 heteroatoms. The molecule has 3 aromatic rings. The molecular weight excluding hydrogens is 220 g/mol. The molecule has 18 heavy (non-hydrogen) atoms. The highest BCUT2D eigenvalue weighted by Crippen LogP contribution is 2.20. The fraction of sp³-hybridized carbons (Fsp3) is 0.0625. The Morgan fingerprint density at radius 1 is 0.833 bits per heavy atom. The van der Waals surface area contributed by atoms with Crippen LogP contribution in [-0.4, -0.2) is 9.55 Å². The van der Waals surface area contributed by atoms with Crippen molar-refractivity contribution in [3.63, 3.8) is 0 Å². The Balaban J connectivity index is 2.07. The van der Waals surface area contributed by atoms with E-state index in [4.69, 9.17) is 0 Å². The van der Waals surface area contributed by atoms with Crippen molar-refractivity contribution >= 4 is 0 Å². The number of hydrogen-bond acceptors (Lipinski definition) is 1.